The minimum absolute atomic E-state index is 0.173. The van der Waals surface area contributed by atoms with Crippen molar-refractivity contribution in [1.29, 1.82) is 0 Å². The molecule has 18 heavy (non-hydrogen) atoms. The summed E-state index contributed by atoms with van der Waals surface area (Å²) in [5.74, 6) is -0.110. The van der Waals surface area contributed by atoms with E-state index in [1.807, 2.05) is 6.07 Å². The van der Waals surface area contributed by atoms with Crippen molar-refractivity contribution in [3.8, 4) is 5.75 Å². The maximum atomic E-state index is 11.7. The Morgan fingerprint density at radius 3 is 2.83 bits per heavy atom. The van der Waals surface area contributed by atoms with Crippen molar-refractivity contribution in [3.05, 3.63) is 58.9 Å². The fourth-order valence-electron chi connectivity index (χ4n) is 1.45. The van der Waals surface area contributed by atoms with Gasteiger partial charge in [0.2, 0.25) is 0 Å². The van der Waals surface area contributed by atoms with Crippen molar-refractivity contribution in [2.45, 2.75) is 6.54 Å². The molecule has 2 aromatic rings. The van der Waals surface area contributed by atoms with Crippen LogP contribution in [0.5, 0.6) is 5.75 Å². The van der Waals surface area contributed by atoms with E-state index < -0.39 is 0 Å². The molecule has 0 spiro atoms. The predicted octanol–water partition coefficient (Wildman–Crippen LogP) is 2.37. The van der Waals surface area contributed by atoms with Crippen LogP contribution < -0.4 is 5.32 Å². The van der Waals surface area contributed by atoms with Gasteiger partial charge in [0.25, 0.3) is 5.91 Å². The van der Waals surface area contributed by atoms with E-state index in [-0.39, 0.29) is 11.7 Å². The zero-order chi connectivity index (χ0) is 13.0. The molecular weight excluding hydrogens is 252 g/mol. The number of pyridine rings is 1. The van der Waals surface area contributed by atoms with Crippen molar-refractivity contribution in [2.75, 3.05) is 0 Å². The summed E-state index contributed by atoms with van der Waals surface area (Å²) in [6.45, 7) is 0.331. The average molecular weight is 263 g/mol. The van der Waals surface area contributed by atoms with Gasteiger partial charge < -0.3 is 10.4 Å². The number of phenols is 1. The molecule has 1 amide bonds. The molecule has 0 bridgehead atoms. The molecule has 0 radical (unpaired) electrons. The normalized spacial score (nSPS) is 10.1. The first-order valence-electron chi connectivity index (χ1n) is 5.33. The summed E-state index contributed by atoms with van der Waals surface area (Å²) < 4.78 is 0. The van der Waals surface area contributed by atoms with Gasteiger partial charge in [0, 0.05) is 12.7 Å². The van der Waals surface area contributed by atoms with Crippen LogP contribution in [0, 0.1) is 0 Å². The van der Waals surface area contributed by atoms with E-state index in [9.17, 15) is 9.90 Å². The summed E-state index contributed by atoms with van der Waals surface area (Å²) in [4.78, 5) is 15.6. The minimum Gasteiger partial charge on any atom is -0.508 e. The number of hydrogen-bond donors (Lipinski definition) is 2. The van der Waals surface area contributed by atoms with Gasteiger partial charge in [-0.3, -0.25) is 4.79 Å². The van der Waals surface area contributed by atoms with Gasteiger partial charge in [-0.2, -0.15) is 0 Å². The van der Waals surface area contributed by atoms with E-state index in [4.69, 9.17) is 11.6 Å². The van der Waals surface area contributed by atoms with Crippen molar-refractivity contribution in [2.24, 2.45) is 0 Å². The van der Waals surface area contributed by atoms with Gasteiger partial charge in [0.1, 0.15) is 11.4 Å². The Kier molecular flexibility index (Phi) is 3.79. The number of halogens is 1. The SMILES string of the molecule is O=C(NCc1cccc(O)c1)c1ccc(Cl)cn1. The average Bonchev–Trinajstić information content (AvgIpc) is 2.37. The number of nitrogens with one attached hydrogen (secondary N) is 1. The van der Waals surface area contributed by atoms with Crippen LogP contribution in [0.1, 0.15) is 16.1 Å². The largest absolute Gasteiger partial charge is 0.508 e. The molecule has 0 aliphatic carbocycles. The first-order chi connectivity index (χ1) is 8.65. The molecule has 0 saturated heterocycles. The number of phenolic OH excluding ortho intramolecular Hbond substituents is 1. The van der Waals surface area contributed by atoms with E-state index in [1.165, 1.54) is 6.20 Å². The lowest BCUT2D eigenvalue weighted by atomic mass is 10.2. The fraction of sp³-hybridized carbons (Fsp3) is 0.0769. The van der Waals surface area contributed by atoms with Crippen LogP contribution in [0.15, 0.2) is 42.6 Å². The van der Waals surface area contributed by atoms with Crippen LogP contribution in [-0.4, -0.2) is 16.0 Å². The standard InChI is InChI=1S/C13H11ClN2O2/c14-10-4-5-12(15-8-10)13(18)16-7-9-2-1-3-11(17)6-9/h1-6,8,17H,7H2,(H,16,18). The highest BCUT2D eigenvalue weighted by Crippen LogP contribution is 2.11. The highest BCUT2D eigenvalue weighted by Gasteiger charge is 2.06. The highest BCUT2D eigenvalue weighted by atomic mass is 35.5. The lowest BCUT2D eigenvalue weighted by Crippen LogP contribution is -2.23. The summed E-state index contributed by atoms with van der Waals surface area (Å²) in [6.07, 6.45) is 1.42. The van der Waals surface area contributed by atoms with Crippen molar-refractivity contribution in [3.63, 3.8) is 0 Å². The lowest BCUT2D eigenvalue weighted by Gasteiger charge is -2.05. The fourth-order valence-corrected chi connectivity index (χ4v) is 1.56. The van der Waals surface area contributed by atoms with Crippen LogP contribution in [0.2, 0.25) is 5.02 Å². The topological polar surface area (TPSA) is 62.2 Å². The summed E-state index contributed by atoms with van der Waals surface area (Å²) in [5.41, 5.74) is 1.12. The van der Waals surface area contributed by atoms with E-state index in [2.05, 4.69) is 10.3 Å². The van der Waals surface area contributed by atoms with Crippen LogP contribution in [0.3, 0.4) is 0 Å². The molecule has 0 aliphatic rings. The lowest BCUT2D eigenvalue weighted by molar-refractivity contribution is 0.0946. The molecule has 0 unspecified atom stereocenters. The zero-order valence-electron chi connectivity index (χ0n) is 9.43. The molecule has 1 aromatic carbocycles. The quantitative estimate of drug-likeness (QED) is 0.893. The second kappa shape index (κ2) is 5.51. The Balaban J connectivity index is 1.98. The first-order valence-corrected chi connectivity index (χ1v) is 5.70. The van der Waals surface area contributed by atoms with Gasteiger partial charge in [0.05, 0.1) is 5.02 Å². The second-order valence-corrected chi connectivity index (χ2v) is 4.15. The van der Waals surface area contributed by atoms with Crippen LogP contribution in [0.4, 0.5) is 0 Å². The van der Waals surface area contributed by atoms with Crippen LogP contribution in [-0.2, 0) is 6.54 Å². The number of hydrogen-bond acceptors (Lipinski definition) is 3. The Labute approximate surface area is 109 Å². The van der Waals surface area contributed by atoms with Gasteiger partial charge in [0.15, 0.2) is 0 Å². The number of carbonyl (C=O) groups is 1. The number of amides is 1. The third-order valence-corrected chi connectivity index (χ3v) is 2.55. The highest BCUT2D eigenvalue weighted by molar-refractivity contribution is 6.30. The Morgan fingerprint density at radius 1 is 1.33 bits per heavy atom. The van der Waals surface area contributed by atoms with Gasteiger partial charge in [-0.15, -0.1) is 0 Å². The maximum Gasteiger partial charge on any atom is 0.270 e. The Bertz CT molecular complexity index is 555. The first kappa shape index (κ1) is 12.4. The van der Waals surface area contributed by atoms with E-state index in [0.29, 0.717) is 17.3 Å². The summed E-state index contributed by atoms with van der Waals surface area (Å²) >= 11 is 5.68. The van der Waals surface area contributed by atoms with Gasteiger partial charge in [-0.25, -0.2) is 4.98 Å². The molecule has 5 heteroatoms. The monoisotopic (exact) mass is 262 g/mol. The molecule has 0 aliphatic heterocycles. The molecule has 2 N–H and O–H groups in total. The smallest absolute Gasteiger partial charge is 0.270 e. The van der Waals surface area contributed by atoms with Gasteiger partial charge in [-0.05, 0) is 29.8 Å². The Hall–Kier alpha value is -2.07. The van der Waals surface area contributed by atoms with Gasteiger partial charge >= 0.3 is 0 Å². The third-order valence-electron chi connectivity index (χ3n) is 2.32. The Morgan fingerprint density at radius 2 is 2.17 bits per heavy atom. The molecule has 1 heterocycles. The van der Waals surface area contributed by atoms with Crippen molar-refractivity contribution in [1.82, 2.24) is 10.3 Å². The van der Waals surface area contributed by atoms with Crippen LogP contribution >= 0.6 is 11.6 Å². The zero-order valence-corrected chi connectivity index (χ0v) is 10.2. The predicted molar refractivity (Wildman–Crippen MR) is 68.5 cm³/mol. The number of aromatic nitrogens is 1. The summed E-state index contributed by atoms with van der Waals surface area (Å²) in [5, 5.41) is 12.5. The van der Waals surface area contributed by atoms with E-state index in [0.717, 1.165) is 5.56 Å². The maximum absolute atomic E-state index is 11.7. The molecule has 0 fully saturated rings. The molecule has 1 aromatic heterocycles. The molecule has 0 saturated carbocycles. The van der Waals surface area contributed by atoms with Crippen molar-refractivity contribution < 1.29 is 9.90 Å². The minimum atomic E-state index is -0.282. The number of nitrogens with zero attached hydrogens (tertiary/aromatic N) is 1. The number of benzene rings is 1. The summed E-state index contributed by atoms with van der Waals surface area (Å²) in [6, 6.07) is 9.87. The molecular formula is C13H11ClN2O2. The number of aromatic hydroxyl groups is 1. The van der Waals surface area contributed by atoms with Crippen molar-refractivity contribution >= 4 is 17.5 Å². The number of carbonyl (C=O) groups excluding carboxylic acids is 1. The summed E-state index contributed by atoms with van der Waals surface area (Å²) in [7, 11) is 0. The van der Waals surface area contributed by atoms with Crippen LogP contribution in [0.25, 0.3) is 0 Å². The molecule has 0 atom stereocenters. The second-order valence-electron chi connectivity index (χ2n) is 3.71. The van der Waals surface area contributed by atoms with E-state index in [1.54, 1.807) is 30.3 Å². The third kappa shape index (κ3) is 3.21. The number of rotatable bonds is 3. The molecule has 4 nitrogen and oxygen atoms in total. The molecule has 2 rings (SSSR count). The molecule has 92 valence electrons. The van der Waals surface area contributed by atoms with Gasteiger partial charge in [-0.1, -0.05) is 23.7 Å². The van der Waals surface area contributed by atoms with E-state index >= 15 is 0 Å².